The summed E-state index contributed by atoms with van der Waals surface area (Å²) in [7, 11) is 0. The van der Waals surface area contributed by atoms with E-state index in [2.05, 4.69) is 21.2 Å². The van der Waals surface area contributed by atoms with E-state index in [1.807, 2.05) is 32.0 Å². The molecular formula is C13H17BrClNO. The van der Waals surface area contributed by atoms with Crippen molar-refractivity contribution in [3.05, 3.63) is 29.3 Å². The Kier molecular flexibility index (Phi) is 6.00. The number of benzene rings is 1. The minimum atomic E-state index is -0.180. The van der Waals surface area contributed by atoms with Crippen molar-refractivity contribution in [3.63, 3.8) is 0 Å². The van der Waals surface area contributed by atoms with Crippen molar-refractivity contribution in [1.29, 1.82) is 0 Å². The highest BCUT2D eigenvalue weighted by Gasteiger charge is 2.15. The molecule has 0 spiro atoms. The van der Waals surface area contributed by atoms with Crippen LogP contribution < -0.4 is 5.32 Å². The molecule has 2 nitrogen and oxygen atoms in total. The van der Waals surface area contributed by atoms with Crippen molar-refractivity contribution in [1.82, 2.24) is 0 Å². The average Bonchev–Trinajstić information content (AvgIpc) is 2.30. The Morgan fingerprint density at radius 1 is 1.41 bits per heavy atom. The zero-order valence-electron chi connectivity index (χ0n) is 10.1. The lowest BCUT2D eigenvalue weighted by Crippen LogP contribution is -2.23. The average molecular weight is 319 g/mol. The van der Waals surface area contributed by atoms with Gasteiger partial charge in [0.05, 0.1) is 4.83 Å². The van der Waals surface area contributed by atoms with E-state index in [4.69, 9.17) is 11.6 Å². The van der Waals surface area contributed by atoms with Crippen LogP contribution in [-0.4, -0.2) is 16.6 Å². The normalized spacial score (nSPS) is 12.2. The van der Waals surface area contributed by atoms with Crippen LogP contribution in [0.3, 0.4) is 0 Å². The molecule has 0 aromatic heterocycles. The number of carbonyl (C=O) groups excluding carboxylic acids is 1. The van der Waals surface area contributed by atoms with Crippen LogP contribution in [0.2, 0.25) is 0 Å². The van der Waals surface area contributed by atoms with Gasteiger partial charge in [0, 0.05) is 11.6 Å². The Morgan fingerprint density at radius 2 is 2.00 bits per heavy atom. The third-order valence-corrected chi connectivity index (χ3v) is 3.75. The van der Waals surface area contributed by atoms with E-state index in [1.165, 1.54) is 0 Å². The number of halogens is 2. The van der Waals surface area contributed by atoms with E-state index in [1.54, 1.807) is 0 Å². The number of alkyl halides is 2. The van der Waals surface area contributed by atoms with E-state index in [0.29, 0.717) is 5.88 Å². The number of aryl methyl sites for hydroxylation is 2. The second kappa shape index (κ2) is 7.02. The standard InChI is InChI=1S/C13H17BrClNO/c1-9-5-3-6-10(2)12(9)16-13(17)11(14)7-4-8-15/h3,5-6,11H,4,7-8H2,1-2H3,(H,16,17). The second-order valence-corrected chi connectivity index (χ2v) is 5.54. The molecule has 0 radical (unpaired) electrons. The largest absolute Gasteiger partial charge is 0.325 e. The molecule has 1 aromatic carbocycles. The first-order valence-electron chi connectivity index (χ1n) is 5.63. The smallest absolute Gasteiger partial charge is 0.238 e. The Bertz CT molecular complexity index is 375. The van der Waals surface area contributed by atoms with Crippen molar-refractivity contribution in [2.75, 3.05) is 11.2 Å². The van der Waals surface area contributed by atoms with Gasteiger partial charge in [0.1, 0.15) is 0 Å². The first-order chi connectivity index (χ1) is 8.06. The predicted octanol–water partition coefficient (Wildman–Crippen LogP) is 4.02. The summed E-state index contributed by atoms with van der Waals surface area (Å²) in [5.74, 6) is 0.575. The van der Waals surface area contributed by atoms with Crippen LogP contribution in [0.5, 0.6) is 0 Å². The number of nitrogens with one attached hydrogen (secondary N) is 1. The molecule has 1 rings (SSSR count). The number of rotatable bonds is 5. The SMILES string of the molecule is Cc1cccc(C)c1NC(=O)C(Br)CCCCl. The van der Waals surface area contributed by atoms with Gasteiger partial charge in [-0.25, -0.2) is 0 Å². The molecule has 94 valence electrons. The molecule has 0 saturated heterocycles. The Labute approximate surface area is 116 Å². The van der Waals surface area contributed by atoms with E-state index < -0.39 is 0 Å². The maximum absolute atomic E-state index is 11.9. The third-order valence-electron chi connectivity index (χ3n) is 2.61. The minimum Gasteiger partial charge on any atom is -0.325 e. The van der Waals surface area contributed by atoms with E-state index in [9.17, 15) is 4.79 Å². The third kappa shape index (κ3) is 4.32. The molecule has 1 atom stereocenters. The van der Waals surface area contributed by atoms with E-state index in [0.717, 1.165) is 29.7 Å². The summed E-state index contributed by atoms with van der Waals surface area (Å²) in [6, 6.07) is 5.97. The lowest BCUT2D eigenvalue weighted by molar-refractivity contribution is -0.115. The maximum Gasteiger partial charge on any atom is 0.238 e. The first kappa shape index (κ1) is 14.5. The van der Waals surface area contributed by atoms with Gasteiger partial charge in [-0.2, -0.15) is 0 Å². The number of carbonyl (C=O) groups is 1. The molecule has 17 heavy (non-hydrogen) atoms. The molecule has 0 aliphatic carbocycles. The summed E-state index contributed by atoms with van der Waals surface area (Å²) in [6.07, 6.45) is 1.58. The van der Waals surface area contributed by atoms with Crippen LogP contribution in [0.4, 0.5) is 5.69 Å². The Hall–Kier alpha value is -0.540. The lowest BCUT2D eigenvalue weighted by Gasteiger charge is -2.14. The van der Waals surface area contributed by atoms with Gasteiger partial charge in [-0.1, -0.05) is 34.1 Å². The molecule has 0 bridgehead atoms. The number of anilines is 1. The fraction of sp³-hybridized carbons (Fsp3) is 0.462. The monoisotopic (exact) mass is 317 g/mol. The second-order valence-electron chi connectivity index (χ2n) is 4.05. The van der Waals surface area contributed by atoms with Crippen LogP contribution in [0, 0.1) is 13.8 Å². The number of hydrogen-bond acceptors (Lipinski definition) is 1. The van der Waals surface area contributed by atoms with Gasteiger partial charge in [-0.15, -0.1) is 11.6 Å². The molecule has 1 N–H and O–H groups in total. The number of para-hydroxylation sites is 1. The van der Waals surface area contributed by atoms with Gasteiger partial charge >= 0.3 is 0 Å². The summed E-state index contributed by atoms with van der Waals surface area (Å²) < 4.78 is 0. The van der Waals surface area contributed by atoms with Crippen molar-refractivity contribution in [2.45, 2.75) is 31.5 Å². The van der Waals surface area contributed by atoms with Crippen LogP contribution >= 0.6 is 27.5 Å². The highest BCUT2D eigenvalue weighted by atomic mass is 79.9. The minimum absolute atomic E-state index is 0.00693. The summed E-state index contributed by atoms with van der Waals surface area (Å²) in [6.45, 7) is 3.98. The van der Waals surface area contributed by atoms with Crippen molar-refractivity contribution in [3.8, 4) is 0 Å². The summed E-state index contributed by atoms with van der Waals surface area (Å²) >= 11 is 8.99. The van der Waals surface area contributed by atoms with E-state index >= 15 is 0 Å². The highest BCUT2D eigenvalue weighted by molar-refractivity contribution is 9.10. The van der Waals surface area contributed by atoms with Gasteiger partial charge in [0.2, 0.25) is 5.91 Å². The molecule has 0 saturated carbocycles. The van der Waals surface area contributed by atoms with Crippen LogP contribution in [0.15, 0.2) is 18.2 Å². The molecule has 0 aliphatic heterocycles. The molecule has 1 amide bonds. The highest BCUT2D eigenvalue weighted by Crippen LogP contribution is 2.21. The Balaban J connectivity index is 2.68. The van der Waals surface area contributed by atoms with Gasteiger partial charge in [-0.3, -0.25) is 4.79 Å². The summed E-state index contributed by atoms with van der Waals surface area (Å²) in [5, 5.41) is 2.96. The molecular weight excluding hydrogens is 302 g/mol. The molecule has 1 unspecified atom stereocenters. The van der Waals surface area contributed by atoms with E-state index in [-0.39, 0.29) is 10.7 Å². The first-order valence-corrected chi connectivity index (χ1v) is 7.08. The summed E-state index contributed by atoms with van der Waals surface area (Å²) in [5.41, 5.74) is 3.07. The van der Waals surface area contributed by atoms with Gasteiger partial charge < -0.3 is 5.32 Å². The fourth-order valence-electron chi connectivity index (χ4n) is 1.60. The molecule has 4 heteroatoms. The predicted molar refractivity (Wildman–Crippen MR) is 77.2 cm³/mol. The van der Waals surface area contributed by atoms with Crippen molar-refractivity contribution >= 4 is 39.1 Å². The lowest BCUT2D eigenvalue weighted by atomic mass is 10.1. The zero-order chi connectivity index (χ0) is 12.8. The molecule has 0 fully saturated rings. The quantitative estimate of drug-likeness (QED) is 0.816. The summed E-state index contributed by atoms with van der Waals surface area (Å²) in [4.78, 5) is 11.7. The zero-order valence-corrected chi connectivity index (χ0v) is 12.4. The van der Waals surface area contributed by atoms with Crippen LogP contribution in [0.1, 0.15) is 24.0 Å². The maximum atomic E-state index is 11.9. The molecule has 0 heterocycles. The van der Waals surface area contributed by atoms with Crippen LogP contribution in [0.25, 0.3) is 0 Å². The topological polar surface area (TPSA) is 29.1 Å². The van der Waals surface area contributed by atoms with Gasteiger partial charge in [-0.05, 0) is 37.8 Å². The van der Waals surface area contributed by atoms with Crippen LogP contribution in [-0.2, 0) is 4.79 Å². The van der Waals surface area contributed by atoms with Crippen molar-refractivity contribution in [2.24, 2.45) is 0 Å². The fourth-order valence-corrected chi connectivity index (χ4v) is 2.19. The van der Waals surface area contributed by atoms with Crippen molar-refractivity contribution < 1.29 is 4.79 Å². The Morgan fingerprint density at radius 3 is 2.53 bits per heavy atom. The molecule has 1 aromatic rings. The molecule has 0 aliphatic rings. The van der Waals surface area contributed by atoms with Gasteiger partial charge in [0.15, 0.2) is 0 Å². The van der Waals surface area contributed by atoms with Gasteiger partial charge in [0.25, 0.3) is 0 Å². The number of hydrogen-bond donors (Lipinski definition) is 1. The number of amides is 1.